The van der Waals surface area contributed by atoms with E-state index in [9.17, 15) is 10.2 Å². The van der Waals surface area contributed by atoms with Gasteiger partial charge in [-0.05, 0) is 105 Å². The van der Waals surface area contributed by atoms with Crippen molar-refractivity contribution in [3.8, 4) is 28.5 Å². The summed E-state index contributed by atoms with van der Waals surface area (Å²) in [6.07, 6.45) is 3.88. The topological polar surface area (TPSA) is 57.9 Å². The maximum atomic E-state index is 10.1. The van der Waals surface area contributed by atoms with Gasteiger partial charge < -0.3 is 19.5 Å². The van der Waals surface area contributed by atoms with Crippen LogP contribution in [-0.2, 0) is 6.54 Å². The monoisotopic (exact) mass is 484 g/mol. The number of hydrogen-bond acceptors (Lipinski definition) is 4. The van der Waals surface area contributed by atoms with Crippen LogP contribution in [0, 0.1) is 6.92 Å². The molecule has 1 aliphatic rings. The quantitative estimate of drug-likeness (QED) is 0.306. The lowest BCUT2D eigenvalue weighted by molar-refractivity contribution is 0.0851. The molecule has 1 saturated heterocycles. The summed E-state index contributed by atoms with van der Waals surface area (Å²) in [6, 6.07) is 22.5. The lowest BCUT2D eigenvalue weighted by atomic mass is 9.98. The predicted molar refractivity (Wildman–Crippen MR) is 146 cm³/mol. The fraction of sp³-hybridized carbons (Fsp3) is 0.355. The Hall–Kier alpha value is -3.44. The maximum Gasteiger partial charge on any atom is 0.119 e. The third kappa shape index (κ3) is 4.93. The van der Waals surface area contributed by atoms with Gasteiger partial charge >= 0.3 is 0 Å². The molecule has 0 unspecified atom stereocenters. The number of aryl methyl sites for hydroxylation is 1. The molecule has 0 radical (unpaired) electrons. The average Bonchev–Trinajstić information content (AvgIpc) is 3.13. The van der Waals surface area contributed by atoms with E-state index in [0.717, 1.165) is 40.0 Å². The Balaban J connectivity index is 1.35. The molecule has 5 rings (SSSR count). The van der Waals surface area contributed by atoms with Gasteiger partial charge in [-0.2, -0.15) is 0 Å². The zero-order valence-electron chi connectivity index (χ0n) is 21.4. The molecule has 1 aliphatic heterocycles. The van der Waals surface area contributed by atoms with E-state index in [2.05, 4.69) is 54.5 Å². The third-order valence-corrected chi connectivity index (χ3v) is 7.70. The van der Waals surface area contributed by atoms with E-state index < -0.39 is 0 Å². The van der Waals surface area contributed by atoms with E-state index in [1.54, 1.807) is 18.2 Å². The molecule has 1 fully saturated rings. The first-order chi connectivity index (χ1) is 17.4. The smallest absolute Gasteiger partial charge is 0.119 e. The second-order valence-electron chi connectivity index (χ2n) is 10.2. The molecule has 5 heteroatoms. The second-order valence-corrected chi connectivity index (χ2v) is 10.2. The summed E-state index contributed by atoms with van der Waals surface area (Å²) in [6.45, 7) is 9.08. The van der Waals surface area contributed by atoms with Crippen LogP contribution in [-0.4, -0.2) is 44.9 Å². The van der Waals surface area contributed by atoms with E-state index in [1.165, 1.54) is 24.8 Å². The zero-order valence-corrected chi connectivity index (χ0v) is 21.4. The standard InChI is InChI=1S/C31H36N2O3/c1-21-5-4-6-22(2)32(21)17-18-36-28-14-7-24(8-15-28)20-33-30-16-13-27(35)19-29(30)23(3)31(33)25-9-11-26(34)12-10-25/h7-16,19,21-22,34-35H,4-6,17-18,20H2,1-3H3/t21-,22+. The Kier molecular flexibility index (Phi) is 6.92. The molecule has 36 heavy (non-hydrogen) atoms. The van der Waals surface area contributed by atoms with Gasteiger partial charge in [0.25, 0.3) is 0 Å². The predicted octanol–water partition coefficient (Wildman–Crippen LogP) is 6.72. The number of phenolic OH excluding ortho intramolecular Hbond substituents is 2. The number of likely N-dealkylation sites (tertiary alicyclic amines) is 1. The fourth-order valence-electron chi connectivity index (χ4n) is 5.72. The molecule has 3 aromatic carbocycles. The lowest BCUT2D eigenvalue weighted by Crippen LogP contribution is -2.45. The first-order valence-corrected chi connectivity index (χ1v) is 13.0. The van der Waals surface area contributed by atoms with Crippen LogP contribution >= 0.6 is 0 Å². The number of nitrogens with zero attached hydrogens (tertiary/aromatic N) is 2. The molecule has 0 bridgehead atoms. The van der Waals surface area contributed by atoms with Crippen LogP contribution < -0.4 is 4.74 Å². The summed E-state index contributed by atoms with van der Waals surface area (Å²) in [7, 11) is 0. The van der Waals surface area contributed by atoms with Crippen LogP contribution in [0.3, 0.4) is 0 Å². The molecule has 0 amide bonds. The minimum atomic E-state index is 0.247. The van der Waals surface area contributed by atoms with E-state index in [-0.39, 0.29) is 11.5 Å². The highest BCUT2D eigenvalue weighted by Gasteiger charge is 2.24. The number of hydrogen-bond donors (Lipinski definition) is 2. The molecule has 0 aliphatic carbocycles. The number of phenols is 2. The Bertz CT molecular complexity index is 1310. The summed E-state index contributed by atoms with van der Waals surface area (Å²) in [4.78, 5) is 2.57. The van der Waals surface area contributed by atoms with Crippen molar-refractivity contribution in [3.05, 3.63) is 77.9 Å². The SMILES string of the molecule is Cc1c(-c2ccc(O)cc2)n(Cc2ccc(OCCN3[C@H](C)CCC[C@@H]3C)cc2)c2ccc(O)cc12. The van der Waals surface area contributed by atoms with Gasteiger partial charge in [-0.15, -0.1) is 0 Å². The number of benzene rings is 3. The molecule has 1 aromatic heterocycles. The van der Waals surface area contributed by atoms with Gasteiger partial charge in [0.05, 0.1) is 5.69 Å². The summed E-state index contributed by atoms with van der Waals surface area (Å²) in [5.74, 6) is 1.40. The van der Waals surface area contributed by atoms with Crippen molar-refractivity contribution in [2.24, 2.45) is 0 Å². The van der Waals surface area contributed by atoms with Gasteiger partial charge in [-0.3, -0.25) is 4.90 Å². The first-order valence-electron chi connectivity index (χ1n) is 13.0. The summed E-state index contributed by atoms with van der Waals surface area (Å²) >= 11 is 0. The fourth-order valence-corrected chi connectivity index (χ4v) is 5.72. The zero-order chi connectivity index (χ0) is 25.2. The van der Waals surface area contributed by atoms with E-state index in [1.807, 2.05) is 24.3 Å². The van der Waals surface area contributed by atoms with Crippen molar-refractivity contribution >= 4 is 10.9 Å². The molecular weight excluding hydrogens is 448 g/mol. The van der Waals surface area contributed by atoms with Gasteiger partial charge in [0.1, 0.15) is 23.9 Å². The van der Waals surface area contributed by atoms with Gasteiger partial charge in [-0.1, -0.05) is 18.6 Å². The van der Waals surface area contributed by atoms with Gasteiger partial charge in [0.2, 0.25) is 0 Å². The van der Waals surface area contributed by atoms with Crippen molar-refractivity contribution in [2.45, 2.75) is 58.7 Å². The molecule has 5 nitrogen and oxygen atoms in total. The van der Waals surface area contributed by atoms with Crippen molar-refractivity contribution in [1.82, 2.24) is 9.47 Å². The van der Waals surface area contributed by atoms with Crippen molar-refractivity contribution < 1.29 is 14.9 Å². The second kappa shape index (κ2) is 10.3. The summed E-state index contributed by atoms with van der Waals surface area (Å²) in [5, 5.41) is 20.9. The van der Waals surface area contributed by atoms with Gasteiger partial charge in [-0.25, -0.2) is 0 Å². The number of rotatable bonds is 7. The molecule has 2 heterocycles. The normalized spacial score (nSPS) is 18.5. The number of fused-ring (bicyclic) bond motifs is 1. The Morgan fingerprint density at radius 2 is 1.53 bits per heavy atom. The summed E-state index contributed by atoms with van der Waals surface area (Å²) in [5.41, 5.74) is 5.46. The number of aromatic nitrogens is 1. The highest BCUT2D eigenvalue weighted by atomic mass is 16.5. The maximum absolute atomic E-state index is 10.1. The van der Waals surface area contributed by atoms with Crippen LogP contribution in [0.5, 0.6) is 17.2 Å². The highest BCUT2D eigenvalue weighted by Crippen LogP contribution is 2.36. The average molecular weight is 485 g/mol. The van der Waals surface area contributed by atoms with Crippen LogP contribution in [0.25, 0.3) is 22.2 Å². The van der Waals surface area contributed by atoms with Crippen molar-refractivity contribution in [1.29, 1.82) is 0 Å². The molecular formula is C31H36N2O3. The Morgan fingerprint density at radius 1 is 0.861 bits per heavy atom. The van der Waals surface area contributed by atoms with Crippen molar-refractivity contribution in [3.63, 3.8) is 0 Å². The minimum absolute atomic E-state index is 0.247. The Labute approximate surface area is 213 Å². The lowest BCUT2D eigenvalue weighted by Gasteiger charge is -2.38. The molecule has 0 saturated carbocycles. The highest BCUT2D eigenvalue weighted by molar-refractivity contribution is 5.92. The largest absolute Gasteiger partial charge is 0.508 e. The van der Waals surface area contributed by atoms with Crippen LogP contribution in [0.1, 0.15) is 44.2 Å². The number of piperidine rings is 1. The molecule has 2 N–H and O–H groups in total. The van der Waals surface area contributed by atoms with Gasteiger partial charge in [0.15, 0.2) is 0 Å². The molecule has 4 aromatic rings. The van der Waals surface area contributed by atoms with E-state index in [0.29, 0.717) is 25.2 Å². The van der Waals surface area contributed by atoms with Crippen LogP contribution in [0.15, 0.2) is 66.7 Å². The first kappa shape index (κ1) is 24.3. The van der Waals surface area contributed by atoms with Gasteiger partial charge in [0, 0.05) is 36.1 Å². The van der Waals surface area contributed by atoms with Crippen molar-refractivity contribution in [2.75, 3.05) is 13.2 Å². The van der Waals surface area contributed by atoms with Crippen LogP contribution in [0.2, 0.25) is 0 Å². The Morgan fingerprint density at radius 3 is 2.22 bits per heavy atom. The van der Waals surface area contributed by atoms with E-state index in [4.69, 9.17) is 4.74 Å². The molecule has 2 atom stereocenters. The number of aromatic hydroxyl groups is 2. The molecule has 0 spiro atoms. The minimum Gasteiger partial charge on any atom is -0.508 e. The third-order valence-electron chi connectivity index (χ3n) is 7.70. The summed E-state index contributed by atoms with van der Waals surface area (Å²) < 4.78 is 8.39. The van der Waals surface area contributed by atoms with Crippen LogP contribution in [0.4, 0.5) is 0 Å². The van der Waals surface area contributed by atoms with E-state index >= 15 is 0 Å². The molecule has 188 valence electrons. The number of ether oxygens (including phenoxy) is 1.